The van der Waals surface area contributed by atoms with Gasteiger partial charge in [0, 0.05) is 41.6 Å². The molecule has 3 aromatic rings. The van der Waals surface area contributed by atoms with Crippen molar-refractivity contribution in [2.45, 2.75) is 60.0 Å². The van der Waals surface area contributed by atoms with E-state index in [2.05, 4.69) is 15.3 Å². The zero-order chi connectivity index (χ0) is 24.1. The van der Waals surface area contributed by atoms with Crippen molar-refractivity contribution in [3.8, 4) is 0 Å². The first-order chi connectivity index (χ1) is 16.3. The zero-order valence-electron chi connectivity index (χ0n) is 19.3. The van der Waals surface area contributed by atoms with Gasteiger partial charge in [0.25, 0.3) is 5.91 Å². The van der Waals surface area contributed by atoms with E-state index in [1.807, 2.05) is 25.1 Å². The number of carbonyl (C=O) groups excluding carboxylic acids is 1. The predicted octanol–water partition coefficient (Wildman–Crippen LogP) is 5.14. The number of carbonyl (C=O) groups is 1. The highest BCUT2D eigenvalue weighted by atomic mass is 32.2. The molecule has 0 spiro atoms. The SMILES string of the molecule is Cc1cc(Sc2ncccn2)ccc1NC(=O)c1ccc(S(=O)(=O)N(C)C2CCCCC2)cc1. The van der Waals surface area contributed by atoms with E-state index in [-0.39, 0.29) is 16.8 Å². The van der Waals surface area contributed by atoms with Crippen molar-refractivity contribution in [2.24, 2.45) is 0 Å². The van der Waals surface area contributed by atoms with Crippen molar-refractivity contribution in [1.82, 2.24) is 14.3 Å². The van der Waals surface area contributed by atoms with E-state index < -0.39 is 10.0 Å². The van der Waals surface area contributed by atoms with Crippen molar-refractivity contribution < 1.29 is 13.2 Å². The summed E-state index contributed by atoms with van der Waals surface area (Å²) < 4.78 is 27.5. The van der Waals surface area contributed by atoms with Gasteiger partial charge >= 0.3 is 0 Å². The van der Waals surface area contributed by atoms with E-state index in [9.17, 15) is 13.2 Å². The third-order valence-electron chi connectivity index (χ3n) is 6.08. The van der Waals surface area contributed by atoms with Crippen molar-refractivity contribution in [3.63, 3.8) is 0 Å². The van der Waals surface area contributed by atoms with Gasteiger partial charge in [-0.05, 0) is 85.6 Å². The number of rotatable bonds is 7. The number of amides is 1. The first-order valence-corrected chi connectivity index (χ1v) is 13.6. The molecule has 0 bridgehead atoms. The molecule has 34 heavy (non-hydrogen) atoms. The second-order valence-corrected chi connectivity index (χ2v) is 11.4. The molecule has 1 heterocycles. The van der Waals surface area contributed by atoms with E-state index in [1.54, 1.807) is 37.6 Å². The molecule has 7 nitrogen and oxygen atoms in total. The number of nitrogens with zero attached hydrogens (tertiary/aromatic N) is 3. The summed E-state index contributed by atoms with van der Waals surface area (Å²) in [4.78, 5) is 22.4. The van der Waals surface area contributed by atoms with Crippen LogP contribution in [-0.2, 0) is 10.0 Å². The van der Waals surface area contributed by atoms with E-state index >= 15 is 0 Å². The summed E-state index contributed by atoms with van der Waals surface area (Å²) in [6, 6.07) is 13.7. The average Bonchev–Trinajstić information content (AvgIpc) is 2.86. The lowest BCUT2D eigenvalue weighted by molar-refractivity contribution is 0.102. The fraction of sp³-hybridized carbons (Fsp3) is 0.320. The van der Waals surface area contributed by atoms with E-state index in [0.717, 1.165) is 42.6 Å². The lowest BCUT2D eigenvalue weighted by Crippen LogP contribution is -2.38. The summed E-state index contributed by atoms with van der Waals surface area (Å²) in [5.41, 5.74) is 1.99. The number of hydrogen-bond acceptors (Lipinski definition) is 6. The Balaban J connectivity index is 1.42. The van der Waals surface area contributed by atoms with Crippen molar-refractivity contribution in [2.75, 3.05) is 12.4 Å². The molecule has 9 heteroatoms. The Morgan fingerprint density at radius 3 is 2.35 bits per heavy atom. The number of aryl methyl sites for hydroxylation is 1. The molecule has 1 aromatic heterocycles. The van der Waals surface area contributed by atoms with Crippen molar-refractivity contribution in [3.05, 3.63) is 72.1 Å². The monoisotopic (exact) mass is 496 g/mol. The van der Waals surface area contributed by atoms with Crippen LogP contribution in [0.5, 0.6) is 0 Å². The summed E-state index contributed by atoms with van der Waals surface area (Å²) in [5, 5.41) is 3.57. The third kappa shape index (κ3) is 5.65. The number of anilines is 1. The largest absolute Gasteiger partial charge is 0.322 e. The second kappa shape index (κ2) is 10.7. The molecular formula is C25H28N4O3S2. The molecule has 2 aromatic carbocycles. The molecule has 178 valence electrons. The minimum absolute atomic E-state index is 0.0410. The predicted molar refractivity (Wildman–Crippen MR) is 134 cm³/mol. The summed E-state index contributed by atoms with van der Waals surface area (Å²) in [6.45, 7) is 1.92. The summed E-state index contributed by atoms with van der Waals surface area (Å²) in [5.74, 6) is -0.292. The molecule has 1 amide bonds. The van der Waals surface area contributed by atoms with Crippen LogP contribution in [0.1, 0.15) is 48.0 Å². The number of benzene rings is 2. The van der Waals surface area contributed by atoms with Crippen LogP contribution >= 0.6 is 11.8 Å². The number of sulfonamides is 1. The Kier molecular flexibility index (Phi) is 7.65. The minimum atomic E-state index is -3.59. The first kappa shape index (κ1) is 24.4. The molecule has 0 aliphatic heterocycles. The van der Waals surface area contributed by atoms with Gasteiger partial charge in [0.2, 0.25) is 10.0 Å². The number of hydrogen-bond donors (Lipinski definition) is 1. The smallest absolute Gasteiger partial charge is 0.255 e. The summed E-state index contributed by atoms with van der Waals surface area (Å²) in [6.07, 6.45) is 8.46. The van der Waals surface area contributed by atoms with Crippen LogP contribution < -0.4 is 5.32 Å². The number of aromatic nitrogens is 2. The second-order valence-electron chi connectivity index (χ2n) is 8.40. The lowest BCUT2D eigenvalue weighted by atomic mass is 9.96. The first-order valence-electron chi connectivity index (χ1n) is 11.3. The van der Waals surface area contributed by atoms with Gasteiger partial charge in [0.1, 0.15) is 0 Å². The van der Waals surface area contributed by atoms with Crippen LogP contribution in [0.4, 0.5) is 5.69 Å². The molecule has 0 atom stereocenters. The van der Waals surface area contributed by atoms with Gasteiger partial charge < -0.3 is 5.32 Å². The third-order valence-corrected chi connectivity index (χ3v) is 8.89. The fourth-order valence-electron chi connectivity index (χ4n) is 4.06. The molecule has 1 fully saturated rings. The highest BCUT2D eigenvalue weighted by molar-refractivity contribution is 7.99. The topological polar surface area (TPSA) is 92.3 Å². The highest BCUT2D eigenvalue weighted by Gasteiger charge is 2.29. The number of nitrogens with one attached hydrogen (secondary N) is 1. The normalized spacial score (nSPS) is 14.8. The Morgan fingerprint density at radius 2 is 1.71 bits per heavy atom. The zero-order valence-corrected chi connectivity index (χ0v) is 20.9. The van der Waals surface area contributed by atoms with Gasteiger partial charge in [0.05, 0.1) is 4.90 Å². The summed E-state index contributed by atoms with van der Waals surface area (Å²) in [7, 11) is -1.93. The maximum absolute atomic E-state index is 13.0. The molecule has 0 radical (unpaired) electrons. The van der Waals surface area contributed by atoms with E-state index in [0.29, 0.717) is 16.4 Å². The quantitative estimate of drug-likeness (QED) is 0.455. The van der Waals surface area contributed by atoms with Crippen LogP contribution in [0.2, 0.25) is 0 Å². The summed E-state index contributed by atoms with van der Waals surface area (Å²) >= 11 is 1.45. The molecule has 0 unspecified atom stereocenters. The van der Waals surface area contributed by atoms with Gasteiger partial charge in [0.15, 0.2) is 5.16 Å². The lowest BCUT2D eigenvalue weighted by Gasteiger charge is -2.30. The van der Waals surface area contributed by atoms with Gasteiger partial charge in [-0.1, -0.05) is 19.3 Å². The van der Waals surface area contributed by atoms with Crippen molar-refractivity contribution in [1.29, 1.82) is 0 Å². The van der Waals surface area contributed by atoms with Crippen LogP contribution in [0.15, 0.2) is 75.9 Å². The molecule has 1 aliphatic rings. The highest BCUT2D eigenvalue weighted by Crippen LogP contribution is 2.29. The van der Waals surface area contributed by atoms with E-state index in [4.69, 9.17) is 0 Å². The van der Waals surface area contributed by atoms with Gasteiger partial charge in [-0.2, -0.15) is 4.31 Å². The maximum Gasteiger partial charge on any atom is 0.255 e. The molecule has 4 rings (SSSR count). The Labute approximate surface area is 205 Å². The Bertz CT molecular complexity index is 1240. The van der Waals surface area contributed by atoms with E-state index in [1.165, 1.54) is 28.2 Å². The van der Waals surface area contributed by atoms with Gasteiger partial charge in [-0.25, -0.2) is 18.4 Å². The minimum Gasteiger partial charge on any atom is -0.322 e. The Hall–Kier alpha value is -2.75. The molecular weight excluding hydrogens is 468 g/mol. The van der Waals surface area contributed by atoms with Gasteiger partial charge in [-0.3, -0.25) is 4.79 Å². The van der Waals surface area contributed by atoms with Crippen LogP contribution in [0.3, 0.4) is 0 Å². The molecule has 0 saturated heterocycles. The molecule has 1 aliphatic carbocycles. The fourth-order valence-corrected chi connectivity index (χ4v) is 6.29. The average molecular weight is 497 g/mol. The van der Waals surface area contributed by atoms with Gasteiger partial charge in [-0.15, -0.1) is 0 Å². The van der Waals surface area contributed by atoms with Crippen LogP contribution in [-0.4, -0.2) is 41.7 Å². The standard InChI is InChI=1S/C25H28N4O3S2/c1-18-17-21(33-25-26-15-6-16-27-25)11-14-23(18)28-24(30)19-9-12-22(13-10-19)34(31,32)29(2)20-7-4-3-5-8-20/h6,9-17,20H,3-5,7-8H2,1-2H3,(H,28,30). The maximum atomic E-state index is 13.0. The van der Waals surface area contributed by atoms with Crippen LogP contribution in [0, 0.1) is 6.92 Å². The molecule has 1 saturated carbocycles. The Morgan fingerprint density at radius 1 is 1.03 bits per heavy atom. The van der Waals surface area contributed by atoms with Crippen molar-refractivity contribution >= 4 is 33.4 Å². The molecule has 1 N–H and O–H groups in total. The van der Waals surface area contributed by atoms with Crippen LogP contribution in [0.25, 0.3) is 0 Å².